The zero-order valence-corrected chi connectivity index (χ0v) is 12.2. The minimum absolute atomic E-state index is 1.01. The van der Waals surface area contributed by atoms with Gasteiger partial charge in [-0.2, -0.15) is 0 Å². The molecule has 0 aliphatic heterocycles. The lowest BCUT2D eigenvalue weighted by Gasteiger charge is -2.06. The average Bonchev–Trinajstić information content (AvgIpc) is 2.95. The van der Waals surface area contributed by atoms with Crippen molar-refractivity contribution in [3.8, 4) is 0 Å². The predicted octanol–water partition coefficient (Wildman–Crippen LogP) is 3.26. The van der Waals surface area contributed by atoms with Crippen LogP contribution in [0.25, 0.3) is 11.0 Å². The first-order valence-electron chi connectivity index (χ1n) is 7.58. The van der Waals surface area contributed by atoms with Crippen molar-refractivity contribution in [1.82, 2.24) is 14.9 Å². The van der Waals surface area contributed by atoms with Gasteiger partial charge in [0.05, 0.1) is 17.4 Å². The van der Waals surface area contributed by atoms with E-state index in [0.29, 0.717) is 0 Å². The minimum Gasteiger partial charge on any atom is -0.331 e. The zero-order chi connectivity index (χ0) is 14.3. The normalized spacial score (nSPS) is 11.0. The molecule has 1 aromatic heterocycles. The molecule has 3 rings (SSSR count). The third-order valence-electron chi connectivity index (χ3n) is 3.71. The maximum absolute atomic E-state index is 4.42. The SMILES string of the molecule is c1ccc(CCNCCCn2cnc3ccccc32)cc1. The van der Waals surface area contributed by atoms with Crippen LogP contribution in [-0.4, -0.2) is 22.6 Å². The molecule has 3 nitrogen and oxygen atoms in total. The molecule has 21 heavy (non-hydrogen) atoms. The van der Waals surface area contributed by atoms with E-state index in [0.717, 1.165) is 38.0 Å². The van der Waals surface area contributed by atoms with E-state index < -0.39 is 0 Å². The predicted molar refractivity (Wildman–Crippen MR) is 87.4 cm³/mol. The van der Waals surface area contributed by atoms with Gasteiger partial charge in [-0.1, -0.05) is 42.5 Å². The molecule has 0 radical (unpaired) electrons. The van der Waals surface area contributed by atoms with E-state index in [1.807, 2.05) is 12.4 Å². The van der Waals surface area contributed by atoms with Gasteiger partial charge < -0.3 is 9.88 Å². The van der Waals surface area contributed by atoms with Crippen molar-refractivity contribution in [2.45, 2.75) is 19.4 Å². The third-order valence-corrected chi connectivity index (χ3v) is 3.71. The maximum Gasteiger partial charge on any atom is 0.0958 e. The Bertz CT molecular complexity index is 673. The Morgan fingerprint density at radius 2 is 1.71 bits per heavy atom. The lowest BCUT2D eigenvalue weighted by atomic mass is 10.1. The van der Waals surface area contributed by atoms with Crippen LogP contribution in [0.2, 0.25) is 0 Å². The summed E-state index contributed by atoms with van der Waals surface area (Å²) in [4.78, 5) is 4.42. The third kappa shape index (κ3) is 3.70. The molecule has 1 heterocycles. The number of aryl methyl sites for hydroxylation is 1. The Hall–Kier alpha value is -2.13. The van der Waals surface area contributed by atoms with Gasteiger partial charge in [0.1, 0.15) is 0 Å². The van der Waals surface area contributed by atoms with Gasteiger partial charge in [-0.15, -0.1) is 0 Å². The van der Waals surface area contributed by atoms with Crippen LogP contribution in [0.3, 0.4) is 0 Å². The number of aromatic nitrogens is 2. The monoisotopic (exact) mass is 279 g/mol. The molecule has 108 valence electrons. The van der Waals surface area contributed by atoms with E-state index in [9.17, 15) is 0 Å². The molecule has 0 unspecified atom stereocenters. The van der Waals surface area contributed by atoms with Crippen LogP contribution in [0.15, 0.2) is 60.9 Å². The second-order valence-corrected chi connectivity index (χ2v) is 5.27. The average molecular weight is 279 g/mol. The number of hydrogen-bond acceptors (Lipinski definition) is 2. The molecule has 0 bridgehead atoms. The topological polar surface area (TPSA) is 29.9 Å². The molecule has 0 atom stereocenters. The summed E-state index contributed by atoms with van der Waals surface area (Å²) in [5, 5.41) is 3.51. The van der Waals surface area contributed by atoms with E-state index >= 15 is 0 Å². The lowest BCUT2D eigenvalue weighted by molar-refractivity contribution is 0.589. The first kappa shape index (κ1) is 13.8. The molecule has 0 aliphatic rings. The minimum atomic E-state index is 1.01. The van der Waals surface area contributed by atoms with Gasteiger partial charge in [0.15, 0.2) is 0 Å². The zero-order valence-electron chi connectivity index (χ0n) is 12.2. The highest BCUT2D eigenvalue weighted by Crippen LogP contribution is 2.11. The Morgan fingerprint density at radius 3 is 2.62 bits per heavy atom. The summed E-state index contributed by atoms with van der Waals surface area (Å²) < 4.78 is 2.23. The molecular weight excluding hydrogens is 258 g/mol. The quantitative estimate of drug-likeness (QED) is 0.673. The molecule has 0 aliphatic carbocycles. The number of rotatable bonds is 7. The van der Waals surface area contributed by atoms with E-state index in [1.54, 1.807) is 0 Å². The molecule has 0 saturated carbocycles. The van der Waals surface area contributed by atoms with Gasteiger partial charge in [-0.25, -0.2) is 4.98 Å². The molecular formula is C18H21N3. The number of nitrogens with zero attached hydrogens (tertiary/aromatic N) is 2. The van der Waals surface area contributed by atoms with Crippen molar-refractivity contribution in [1.29, 1.82) is 0 Å². The van der Waals surface area contributed by atoms with Crippen LogP contribution in [0, 0.1) is 0 Å². The van der Waals surface area contributed by atoms with Crippen LogP contribution in [0.1, 0.15) is 12.0 Å². The van der Waals surface area contributed by atoms with Gasteiger partial charge in [-0.05, 0) is 43.6 Å². The summed E-state index contributed by atoms with van der Waals surface area (Å²) in [6.07, 6.45) is 4.15. The van der Waals surface area contributed by atoms with E-state index in [4.69, 9.17) is 0 Å². The lowest BCUT2D eigenvalue weighted by Crippen LogP contribution is -2.19. The second-order valence-electron chi connectivity index (χ2n) is 5.27. The standard InChI is InChI=1S/C18H21N3/c1-2-7-16(8-3-1)11-13-19-12-6-14-21-15-20-17-9-4-5-10-18(17)21/h1-5,7-10,15,19H,6,11-14H2. The van der Waals surface area contributed by atoms with E-state index in [2.05, 4.69) is 63.4 Å². The molecule has 0 spiro atoms. The van der Waals surface area contributed by atoms with Gasteiger partial charge in [0.2, 0.25) is 0 Å². The maximum atomic E-state index is 4.42. The molecule has 3 aromatic rings. The van der Waals surface area contributed by atoms with Gasteiger partial charge >= 0.3 is 0 Å². The Balaban J connectivity index is 1.39. The fourth-order valence-electron chi connectivity index (χ4n) is 2.57. The van der Waals surface area contributed by atoms with Crippen molar-refractivity contribution in [2.24, 2.45) is 0 Å². The van der Waals surface area contributed by atoms with E-state index in [1.165, 1.54) is 11.1 Å². The van der Waals surface area contributed by atoms with Crippen LogP contribution in [0.4, 0.5) is 0 Å². The molecule has 0 fully saturated rings. The van der Waals surface area contributed by atoms with Gasteiger partial charge in [0.25, 0.3) is 0 Å². The van der Waals surface area contributed by atoms with Crippen LogP contribution < -0.4 is 5.32 Å². The van der Waals surface area contributed by atoms with Crippen LogP contribution in [0.5, 0.6) is 0 Å². The summed E-state index contributed by atoms with van der Waals surface area (Å²) in [7, 11) is 0. The molecule has 2 aromatic carbocycles. The largest absolute Gasteiger partial charge is 0.331 e. The highest BCUT2D eigenvalue weighted by atomic mass is 15.0. The summed E-state index contributed by atoms with van der Waals surface area (Å²) in [5.74, 6) is 0. The highest BCUT2D eigenvalue weighted by molar-refractivity contribution is 5.74. The van der Waals surface area contributed by atoms with Crippen molar-refractivity contribution in [3.63, 3.8) is 0 Å². The summed E-state index contributed by atoms with van der Waals surface area (Å²) in [5.41, 5.74) is 3.70. The van der Waals surface area contributed by atoms with Crippen molar-refractivity contribution >= 4 is 11.0 Å². The highest BCUT2D eigenvalue weighted by Gasteiger charge is 2.00. The van der Waals surface area contributed by atoms with Crippen LogP contribution in [-0.2, 0) is 13.0 Å². The number of hydrogen-bond donors (Lipinski definition) is 1. The summed E-state index contributed by atoms with van der Waals surface area (Å²) in [6, 6.07) is 18.9. The molecule has 3 heteroatoms. The molecule has 0 saturated heterocycles. The Morgan fingerprint density at radius 1 is 0.905 bits per heavy atom. The van der Waals surface area contributed by atoms with Crippen molar-refractivity contribution in [2.75, 3.05) is 13.1 Å². The van der Waals surface area contributed by atoms with Crippen molar-refractivity contribution in [3.05, 3.63) is 66.5 Å². The summed E-state index contributed by atoms with van der Waals surface area (Å²) >= 11 is 0. The fourth-order valence-corrected chi connectivity index (χ4v) is 2.57. The second kappa shape index (κ2) is 7.04. The van der Waals surface area contributed by atoms with Crippen molar-refractivity contribution < 1.29 is 0 Å². The Kier molecular flexibility index (Phi) is 4.64. The first-order chi connectivity index (χ1) is 10.4. The fraction of sp³-hybridized carbons (Fsp3) is 0.278. The number of nitrogens with one attached hydrogen (secondary N) is 1. The van der Waals surface area contributed by atoms with E-state index in [-0.39, 0.29) is 0 Å². The number of para-hydroxylation sites is 2. The first-order valence-corrected chi connectivity index (χ1v) is 7.58. The number of fused-ring (bicyclic) bond motifs is 1. The van der Waals surface area contributed by atoms with Gasteiger partial charge in [-0.3, -0.25) is 0 Å². The summed E-state index contributed by atoms with van der Waals surface area (Å²) in [6.45, 7) is 3.09. The van der Waals surface area contributed by atoms with Crippen LogP contribution >= 0.6 is 0 Å². The number of imidazole rings is 1. The molecule has 1 N–H and O–H groups in total. The smallest absolute Gasteiger partial charge is 0.0958 e. The number of benzene rings is 2. The Labute approximate surface area is 125 Å². The van der Waals surface area contributed by atoms with Gasteiger partial charge in [0, 0.05) is 6.54 Å². The molecule has 0 amide bonds.